The molecule has 0 aromatic carbocycles. The van der Waals surface area contributed by atoms with Crippen molar-refractivity contribution >= 4 is 0 Å². The Morgan fingerprint density at radius 3 is 2.25 bits per heavy atom. The predicted molar refractivity (Wildman–Crippen MR) is 15.6 cm³/mol. The van der Waals surface area contributed by atoms with Gasteiger partial charge in [0.2, 0.25) is 0 Å². The summed E-state index contributed by atoms with van der Waals surface area (Å²) >= 11 is 0. The largest absolute Gasteiger partial charge is 0.395 e. The number of hydrogen-bond donors (Lipinski definition) is 2. The monoisotopic (exact) mass is 60.0 g/mol. The van der Waals surface area contributed by atoms with E-state index < -0.39 is 0 Å². The molecule has 0 fully saturated rings. The summed E-state index contributed by atoms with van der Waals surface area (Å²) in [6.07, 6.45) is 0. The van der Waals surface area contributed by atoms with Crippen LogP contribution >= 0.6 is 0 Å². The van der Waals surface area contributed by atoms with Crippen molar-refractivity contribution in [2.45, 2.75) is 0 Å². The Morgan fingerprint density at radius 2 is 2.25 bits per heavy atom. The van der Waals surface area contributed by atoms with Crippen LogP contribution in [0, 0.1) is 6.54 Å². The van der Waals surface area contributed by atoms with Gasteiger partial charge >= 0.3 is 0 Å². The highest BCUT2D eigenvalue weighted by molar-refractivity contribution is 4.42. The molecule has 4 heavy (non-hydrogen) atoms. The first-order chi connectivity index (χ1) is 1.91. The number of aliphatic hydroxyl groups is 1. The van der Waals surface area contributed by atoms with E-state index in [9.17, 15) is 0 Å². The van der Waals surface area contributed by atoms with Crippen LogP contribution in [-0.4, -0.2) is 11.7 Å². The third-order valence-electron chi connectivity index (χ3n) is 0.105. The number of hydrogen-bond acceptors (Lipinski definition) is 2. The fourth-order valence-electron chi connectivity index (χ4n) is 0. The van der Waals surface area contributed by atoms with E-state index in [0.717, 1.165) is 0 Å². The smallest absolute Gasteiger partial charge is 0.0598 e. The highest BCUT2D eigenvalue weighted by Gasteiger charge is 1.57. The van der Waals surface area contributed by atoms with E-state index in [2.05, 4.69) is 5.73 Å². The van der Waals surface area contributed by atoms with Gasteiger partial charge in [-0.25, -0.2) is 0 Å². The molecule has 3 N–H and O–H groups in total. The molecular formula is C2H6NO. The fraction of sp³-hybridized carbons (Fsp3) is 0.500. The molecule has 0 aromatic rings. The van der Waals surface area contributed by atoms with Crippen LogP contribution in [0.5, 0.6) is 0 Å². The Kier molecular flexibility index (Phi) is 2.86. The third kappa shape index (κ3) is 1.92. The molecule has 0 aromatic heterocycles. The summed E-state index contributed by atoms with van der Waals surface area (Å²) < 4.78 is 0. The fourth-order valence-corrected chi connectivity index (χ4v) is 0. The number of nitrogens with two attached hydrogens (primary N) is 1. The minimum Gasteiger partial charge on any atom is -0.395 e. The van der Waals surface area contributed by atoms with Crippen LogP contribution in [0.2, 0.25) is 0 Å². The van der Waals surface area contributed by atoms with Gasteiger partial charge in [0.1, 0.15) is 0 Å². The van der Waals surface area contributed by atoms with Crippen molar-refractivity contribution in [2.75, 3.05) is 6.61 Å². The van der Waals surface area contributed by atoms with Crippen molar-refractivity contribution < 1.29 is 5.11 Å². The van der Waals surface area contributed by atoms with E-state index >= 15 is 0 Å². The minimum atomic E-state index is -0.0278. The van der Waals surface area contributed by atoms with E-state index in [0.29, 0.717) is 0 Å². The summed E-state index contributed by atoms with van der Waals surface area (Å²) in [5, 5.41) is 7.69. The first-order valence-corrected chi connectivity index (χ1v) is 1.06. The highest BCUT2D eigenvalue weighted by Crippen LogP contribution is 1.44. The molecule has 0 atom stereocenters. The van der Waals surface area contributed by atoms with E-state index in [1.807, 2.05) is 0 Å². The summed E-state index contributed by atoms with van der Waals surface area (Å²) in [4.78, 5) is 0. The zero-order valence-electron chi connectivity index (χ0n) is 2.31. The Hall–Kier alpha value is -0.0800. The van der Waals surface area contributed by atoms with Crippen molar-refractivity contribution in [2.24, 2.45) is 5.73 Å². The van der Waals surface area contributed by atoms with Crippen molar-refractivity contribution in [3.05, 3.63) is 6.54 Å². The van der Waals surface area contributed by atoms with E-state index in [4.69, 9.17) is 5.11 Å². The molecular weight excluding hydrogens is 54.0 g/mol. The lowest BCUT2D eigenvalue weighted by atomic mass is 10.8. The SMILES string of the molecule is N[CH]CO. The van der Waals surface area contributed by atoms with Gasteiger partial charge < -0.3 is 10.8 Å². The van der Waals surface area contributed by atoms with Gasteiger partial charge in [-0.3, -0.25) is 0 Å². The summed E-state index contributed by atoms with van der Waals surface area (Å²) in [6.45, 7) is 1.15. The lowest BCUT2D eigenvalue weighted by molar-refractivity contribution is 0.327. The van der Waals surface area contributed by atoms with Crippen molar-refractivity contribution in [1.82, 2.24) is 0 Å². The maximum atomic E-state index is 7.69. The van der Waals surface area contributed by atoms with Gasteiger partial charge in [0, 0.05) is 6.54 Å². The average Bonchev–Trinajstić information content (AvgIpc) is 1.37. The normalized spacial score (nSPS) is 7.50. The molecule has 0 rings (SSSR count). The van der Waals surface area contributed by atoms with Crippen molar-refractivity contribution in [1.29, 1.82) is 0 Å². The van der Waals surface area contributed by atoms with Crippen LogP contribution in [0.3, 0.4) is 0 Å². The highest BCUT2D eigenvalue weighted by atomic mass is 16.3. The first-order valence-electron chi connectivity index (χ1n) is 1.06. The molecule has 0 spiro atoms. The van der Waals surface area contributed by atoms with Crippen LogP contribution in [-0.2, 0) is 0 Å². The van der Waals surface area contributed by atoms with Gasteiger partial charge in [-0.05, 0) is 0 Å². The molecule has 0 aliphatic rings. The molecule has 0 heterocycles. The second kappa shape index (κ2) is 2.92. The van der Waals surface area contributed by atoms with E-state index in [1.165, 1.54) is 6.54 Å². The van der Waals surface area contributed by atoms with Crippen molar-refractivity contribution in [3.63, 3.8) is 0 Å². The number of rotatable bonds is 1. The van der Waals surface area contributed by atoms with Gasteiger partial charge in [-0.1, -0.05) is 0 Å². The summed E-state index contributed by atoms with van der Waals surface area (Å²) in [5.41, 5.74) is 4.65. The lowest BCUT2D eigenvalue weighted by Gasteiger charge is -1.70. The van der Waals surface area contributed by atoms with Gasteiger partial charge in [0.25, 0.3) is 0 Å². The van der Waals surface area contributed by atoms with Gasteiger partial charge in [0.15, 0.2) is 0 Å². The van der Waals surface area contributed by atoms with E-state index in [-0.39, 0.29) is 6.61 Å². The molecule has 0 aliphatic carbocycles. The second-order valence-electron chi connectivity index (χ2n) is 0.418. The lowest BCUT2D eigenvalue weighted by Crippen LogP contribution is -1.92. The maximum absolute atomic E-state index is 7.69. The van der Waals surface area contributed by atoms with Crippen LogP contribution < -0.4 is 5.73 Å². The topological polar surface area (TPSA) is 46.2 Å². The van der Waals surface area contributed by atoms with Crippen molar-refractivity contribution in [3.8, 4) is 0 Å². The Labute approximate surface area is 25.2 Å². The van der Waals surface area contributed by atoms with Gasteiger partial charge in [-0.2, -0.15) is 0 Å². The predicted octanol–water partition coefficient (Wildman–Crippen LogP) is -0.901. The Morgan fingerprint density at radius 1 is 2.00 bits per heavy atom. The quantitative estimate of drug-likeness (QED) is 0.412. The Balaban J connectivity index is 1.97. The summed E-state index contributed by atoms with van der Waals surface area (Å²) in [5.74, 6) is 0. The molecule has 1 radical (unpaired) electrons. The maximum Gasteiger partial charge on any atom is 0.0598 e. The standard InChI is InChI=1S/C2H6NO/c3-1-2-4/h1,4H,2-3H2. The molecule has 2 heteroatoms. The Bertz CT molecular complexity index is 8.00. The molecule has 25 valence electrons. The average molecular weight is 60.1 g/mol. The van der Waals surface area contributed by atoms with Crippen LogP contribution in [0.4, 0.5) is 0 Å². The van der Waals surface area contributed by atoms with E-state index in [1.54, 1.807) is 0 Å². The zero-order valence-corrected chi connectivity index (χ0v) is 2.31. The third-order valence-corrected chi connectivity index (χ3v) is 0.105. The van der Waals surface area contributed by atoms with Crippen LogP contribution in [0.25, 0.3) is 0 Å². The minimum absolute atomic E-state index is 0.0278. The van der Waals surface area contributed by atoms with Crippen LogP contribution in [0.1, 0.15) is 0 Å². The second-order valence-corrected chi connectivity index (χ2v) is 0.418. The molecule has 0 bridgehead atoms. The molecule has 0 saturated heterocycles. The molecule has 2 nitrogen and oxygen atoms in total. The van der Waals surface area contributed by atoms with Gasteiger partial charge in [-0.15, -0.1) is 0 Å². The summed E-state index contributed by atoms with van der Waals surface area (Å²) in [6, 6.07) is 0. The molecule has 0 saturated carbocycles. The zero-order chi connectivity index (χ0) is 3.41. The number of aliphatic hydroxyl groups excluding tert-OH is 1. The summed E-state index contributed by atoms with van der Waals surface area (Å²) in [7, 11) is 0. The van der Waals surface area contributed by atoms with Gasteiger partial charge in [0.05, 0.1) is 6.61 Å². The molecule has 0 unspecified atom stereocenters. The molecule has 0 aliphatic heterocycles. The van der Waals surface area contributed by atoms with Crippen LogP contribution in [0.15, 0.2) is 0 Å². The first kappa shape index (κ1) is 3.92. The molecule has 0 amide bonds.